The van der Waals surface area contributed by atoms with E-state index in [9.17, 15) is 48.6 Å². The number of nitrogens with two attached hydrogens (primary N) is 3. The van der Waals surface area contributed by atoms with Crippen molar-refractivity contribution < 1.29 is 48.6 Å². The fourth-order valence-electron chi connectivity index (χ4n) is 8.50. The first-order chi connectivity index (χ1) is 36.7. The van der Waals surface area contributed by atoms with E-state index < -0.39 is 108 Å². The van der Waals surface area contributed by atoms with E-state index in [-0.39, 0.29) is 49.5 Å². The maximum absolute atomic E-state index is 14.8. The summed E-state index contributed by atoms with van der Waals surface area (Å²) in [6, 6.07) is 16.2. The Labute approximate surface area is 457 Å². The first kappa shape index (κ1) is 60.7. The van der Waals surface area contributed by atoms with E-state index in [1.54, 1.807) is 38.2 Å². The Kier molecular flexibility index (Phi) is 23.1. The van der Waals surface area contributed by atoms with Crippen LogP contribution in [0.15, 0.2) is 97.2 Å². The predicted molar refractivity (Wildman–Crippen MR) is 299 cm³/mol. The number of H-pyrrole nitrogens is 1. The number of thiol groups is 2. The molecule has 5 rings (SSSR count). The Bertz CT molecular complexity index is 2850. The highest BCUT2D eigenvalue weighted by molar-refractivity contribution is 7.80. The third kappa shape index (κ3) is 17.7. The molecule has 0 aliphatic carbocycles. The fourth-order valence-corrected chi connectivity index (χ4v) is 9.01. The lowest BCUT2D eigenvalue weighted by atomic mass is 10.00. The number of carbonyl (C=O) groups is 8. The van der Waals surface area contributed by atoms with Gasteiger partial charge in [-0.25, -0.2) is 0 Å². The molecular weight excluding hydrogens is 1030 g/mol. The molecule has 0 radical (unpaired) electrons. The topological polar surface area (TPSA) is 355 Å². The average molecular weight is 1100 g/mol. The van der Waals surface area contributed by atoms with Gasteiger partial charge in [0.05, 0.1) is 12.1 Å². The molecule has 0 saturated heterocycles. The molecule has 9 atom stereocenters. The molecule has 0 bridgehead atoms. The summed E-state index contributed by atoms with van der Waals surface area (Å²) >= 11 is 8.54. The summed E-state index contributed by atoms with van der Waals surface area (Å²) in [7, 11) is 0. The second kappa shape index (κ2) is 29.4. The summed E-state index contributed by atoms with van der Waals surface area (Å²) in [6.07, 6.45) is 1.12. The molecule has 21 nitrogen and oxygen atoms in total. The number of aliphatic hydroxyl groups excluding tert-OH is 1. The van der Waals surface area contributed by atoms with Gasteiger partial charge in [-0.1, -0.05) is 86.6 Å². The molecule has 1 aromatic heterocycles. The van der Waals surface area contributed by atoms with E-state index in [2.05, 4.69) is 67.5 Å². The van der Waals surface area contributed by atoms with Crippen LogP contribution in [0, 0.1) is 5.92 Å². The molecule has 0 saturated carbocycles. The van der Waals surface area contributed by atoms with Crippen molar-refractivity contribution in [3.63, 3.8) is 0 Å². The SMILES string of the molecule is CC(C)[C@H](NC(=O)[C@H](CCCCN)NC(=O)[C@@H](Cc1c[nH]c2ccccc12)NC(=O)[C@H](Cc1ccc(O)cc1)NC(=O)[C@@H](CS)NC(=O)[C@H](N)Cc1ccc2ccccc2c1)C(=O)N[C@@H](CS)C(=O)N[C@H](C(N)=O)[C@@H](C)O. The zero-order valence-corrected chi connectivity index (χ0v) is 45.0. The lowest BCUT2D eigenvalue weighted by molar-refractivity contribution is -0.136. The van der Waals surface area contributed by atoms with Gasteiger partial charge in [0.1, 0.15) is 48.0 Å². The number of carbonyl (C=O) groups excluding carboxylic acids is 8. The Morgan fingerprint density at radius 2 is 1.09 bits per heavy atom. The molecule has 0 aliphatic heterocycles. The number of unbranched alkanes of at least 4 members (excludes halogenated alkanes) is 1. The van der Waals surface area contributed by atoms with Crippen molar-refractivity contribution in [1.82, 2.24) is 42.2 Å². The molecule has 4 aromatic carbocycles. The average Bonchev–Trinajstić information content (AvgIpc) is 3.82. The second-order valence-corrected chi connectivity index (χ2v) is 20.0. The third-order valence-corrected chi connectivity index (χ3v) is 13.6. The number of rotatable bonds is 29. The van der Waals surface area contributed by atoms with Gasteiger partial charge in [-0.15, -0.1) is 0 Å². The zero-order chi connectivity index (χ0) is 56.3. The van der Waals surface area contributed by atoms with Crippen molar-refractivity contribution >= 4 is 94.2 Å². The number of aromatic amines is 1. The first-order valence-corrected chi connectivity index (χ1v) is 26.6. The number of aromatic nitrogens is 1. The first-order valence-electron chi connectivity index (χ1n) is 25.3. The number of fused-ring (bicyclic) bond motifs is 2. The number of para-hydroxylation sites is 1. The Hall–Kier alpha value is -7.18. The van der Waals surface area contributed by atoms with Crippen LogP contribution in [0.1, 0.15) is 56.7 Å². The van der Waals surface area contributed by atoms with Gasteiger partial charge < -0.3 is 69.6 Å². The largest absolute Gasteiger partial charge is 0.508 e. The van der Waals surface area contributed by atoms with Gasteiger partial charge in [0.25, 0.3) is 0 Å². The quantitative estimate of drug-likeness (QED) is 0.0227. The predicted octanol–water partition coefficient (Wildman–Crippen LogP) is 0.286. The number of benzene rings is 4. The maximum atomic E-state index is 14.8. The fraction of sp³-hybridized carbons (Fsp3) is 0.407. The lowest BCUT2D eigenvalue weighted by Crippen LogP contribution is -2.62. The number of primary amides is 1. The van der Waals surface area contributed by atoms with Gasteiger partial charge >= 0.3 is 0 Å². The number of hydrogen-bond acceptors (Lipinski definition) is 14. The molecule has 23 heteroatoms. The van der Waals surface area contributed by atoms with Crippen LogP contribution in [0.2, 0.25) is 0 Å². The number of hydrogen-bond donors (Lipinski definition) is 15. The van der Waals surface area contributed by atoms with Gasteiger partial charge in [-0.3, -0.25) is 38.4 Å². The van der Waals surface area contributed by atoms with Crippen LogP contribution in [0.5, 0.6) is 5.75 Å². The summed E-state index contributed by atoms with van der Waals surface area (Å²) in [5, 5.41) is 41.3. The maximum Gasteiger partial charge on any atom is 0.244 e. The van der Waals surface area contributed by atoms with E-state index in [4.69, 9.17) is 17.2 Å². The van der Waals surface area contributed by atoms with Gasteiger partial charge in [-0.05, 0) is 90.7 Å². The van der Waals surface area contributed by atoms with E-state index in [1.807, 2.05) is 60.7 Å². The standard InChI is InChI=1S/C54H71N11O10S2/c1-29(2)45(54(75)63-44(28-77)53(74)65-46(30(3)66)47(57)68)64-49(70)40(14-8-9-21-55)59-51(72)42(25-35-26-58-39-13-7-6-12-37(35)39)61-50(71)41(24-31-16-19-36(67)20-17-31)60-52(73)43(27-76)62-48(69)38(56)23-32-15-18-33-10-4-5-11-34(33)22-32/h4-7,10-13,15-20,22,26,29-30,38,40-46,58,66-67,76-77H,8-9,14,21,23-25,27-28,55-56H2,1-3H3,(H2,57,68)(H,59,72)(H,60,73)(H,61,71)(H,62,69)(H,63,75)(H,64,70)(H,65,74)/t30-,38-,40+,41+,42-,43-,44+,45+,46+/m1/s1. The van der Waals surface area contributed by atoms with Gasteiger partial charge in [0.2, 0.25) is 47.3 Å². The summed E-state index contributed by atoms with van der Waals surface area (Å²) in [5.41, 5.74) is 20.2. The molecular formula is C54H71N11O10S2. The zero-order valence-electron chi connectivity index (χ0n) is 43.2. The van der Waals surface area contributed by atoms with E-state index in [0.29, 0.717) is 24.0 Å². The molecule has 1 heterocycles. The van der Waals surface area contributed by atoms with Crippen LogP contribution in [0.4, 0.5) is 0 Å². The molecule has 8 amide bonds. The highest BCUT2D eigenvalue weighted by Gasteiger charge is 2.36. The van der Waals surface area contributed by atoms with Gasteiger partial charge in [-0.2, -0.15) is 25.3 Å². The number of aliphatic hydroxyl groups is 1. The minimum absolute atomic E-state index is 0.0459. The molecule has 414 valence electrons. The Morgan fingerprint density at radius 1 is 0.571 bits per heavy atom. The smallest absolute Gasteiger partial charge is 0.244 e. The number of phenolic OH excluding ortho intramolecular Hbond substituents is 1. The highest BCUT2D eigenvalue weighted by Crippen LogP contribution is 2.21. The van der Waals surface area contributed by atoms with Crippen LogP contribution in [0.3, 0.4) is 0 Å². The summed E-state index contributed by atoms with van der Waals surface area (Å²) in [6.45, 7) is 4.81. The van der Waals surface area contributed by atoms with Crippen molar-refractivity contribution in [2.45, 2.75) is 114 Å². The summed E-state index contributed by atoms with van der Waals surface area (Å²) < 4.78 is 0. The van der Waals surface area contributed by atoms with Crippen molar-refractivity contribution in [2.24, 2.45) is 23.1 Å². The minimum Gasteiger partial charge on any atom is -0.508 e. The van der Waals surface area contributed by atoms with Crippen LogP contribution in [0.25, 0.3) is 21.7 Å². The number of nitrogens with one attached hydrogen (secondary N) is 8. The molecule has 16 N–H and O–H groups in total. The number of phenols is 1. The molecule has 0 unspecified atom stereocenters. The van der Waals surface area contributed by atoms with Crippen LogP contribution in [-0.4, -0.2) is 135 Å². The van der Waals surface area contributed by atoms with Crippen LogP contribution >= 0.6 is 25.3 Å². The molecule has 0 aliphatic rings. The second-order valence-electron chi connectivity index (χ2n) is 19.2. The highest BCUT2D eigenvalue weighted by atomic mass is 32.1. The number of aromatic hydroxyl groups is 1. The Morgan fingerprint density at radius 3 is 1.70 bits per heavy atom. The molecule has 5 aromatic rings. The number of amides is 8. The van der Waals surface area contributed by atoms with Gasteiger partial charge in [0.15, 0.2) is 0 Å². The molecule has 77 heavy (non-hydrogen) atoms. The van der Waals surface area contributed by atoms with Crippen molar-refractivity contribution in [2.75, 3.05) is 18.1 Å². The van der Waals surface area contributed by atoms with Crippen LogP contribution < -0.4 is 54.4 Å². The van der Waals surface area contributed by atoms with Crippen LogP contribution in [-0.2, 0) is 57.6 Å². The van der Waals surface area contributed by atoms with E-state index in [1.165, 1.54) is 19.1 Å². The molecule has 0 spiro atoms. The van der Waals surface area contributed by atoms with Gasteiger partial charge in [0, 0.05) is 41.4 Å². The lowest BCUT2D eigenvalue weighted by Gasteiger charge is -2.29. The molecule has 0 fully saturated rings. The van der Waals surface area contributed by atoms with E-state index >= 15 is 0 Å². The third-order valence-electron chi connectivity index (χ3n) is 12.9. The summed E-state index contributed by atoms with van der Waals surface area (Å²) in [4.78, 5) is 113. The normalized spacial score (nSPS) is 14.9. The summed E-state index contributed by atoms with van der Waals surface area (Å²) in [5.74, 6) is -7.51. The Balaban J connectivity index is 1.39. The van der Waals surface area contributed by atoms with Crippen molar-refractivity contribution in [3.05, 3.63) is 114 Å². The van der Waals surface area contributed by atoms with E-state index in [0.717, 1.165) is 27.2 Å². The minimum atomic E-state index is -1.46. The monoisotopic (exact) mass is 1100 g/mol. The van der Waals surface area contributed by atoms with Crippen molar-refractivity contribution in [3.8, 4) is 5.75 Å². The van der Waals surface area contributed by atoms with Crippen molar-refractivity contribution in [1.29, 1.82) is 0 Å².